The molecule has 0 saturated carbocycles. The van der Waals surface area contributed by atoms with Gasteiger partial charge in [0.15, 0.2) is 0 Å². The van der Waals surface area contributed by atoms with Gasteiger partial charge in [0.1, 0.15) is 0 Å². The van der Waals surface area contributed by atoms with E-state index in [0.29, 0.717) is 5.38 Å². The largest absolute Gasteiger partial charge is 0.123 e. The fourth-order valence-corrected chi connectivity index (χ4v) is 1.06. The SMILES string of the molecule is CC#CCCCCC(Cl)CC. The van der Waals surface area contributed by atoms with Crippen LogP contribution in [0, 0.1) is 11.8 Å². The van der Waals surface area contributed by atoms with Gasteiger partial charge in [0.05, 0.1) is 0 Å². The zero-order chi connectivity index (χ0) is 8.53. The Morgan fingerprint density at radius 1 is 1.36 bits per heavy atom. The number of halogens is 1. The molecule has 0 aromatic rings. The lowest BCUT2D eigenvalue weighted by Crippen LogP contribution is -1.94. The number of unbranched alkanes of at least 4 members (excludes halogenated alkanes) is 2. The average molecular weight is 173 g/mol. The monoisotopic (exact) mass is 172 g/mol. The maximum Gasteiger partial charge on any atom is 0.0333 e. The lowest BCUT2D eigenvalue weighted by molar-refractivity contribution is 0.648. The predicted molar refractivity (Wildman–Crippen MR) is 51.9 cm³/mol. The van der Waals surface area contributed by atoms with Gasteiger partial charge in [-0.15, -0.1) is 23.4 Å². The van der Waals surface area contributed by atoms with Crippen LogP contribution in [0.2, 0.25) is 0 Å². The fraction of sp³-hybridized carbons (Fsp3) is 0.800. The minimum Gasteiger partial charge on any atom is -0.123 e. The summed E-state index contributed by atoms with van der Waals surface area (Å²) in [5.41, 5.74) is 0. The summed E-state index contributed by atoms with van der Waals surface area (Å²) in [5.74, 6) is 5.93. The number of hydrogen-bond acceptors (Lipinski definition) is 0. The summed E-state index contributed by atoms with van der Waals surface area (Å²) in [7, 11) is 0. The van der Waals surface area contributed by atoms with Crippen molar-refractivity contribution in [2.45, 2.75) is 51.3 Å². The highest BCUT2D eigenvalue weighted by atomic mass is 35.5. The highest BCUT2D eigenvalue weighted by Gasteiger charge is 1.98. The van der Waals surface area contributed by atoms with Crippen molar-refractivity contribution in [3.8, 4) is 11.8 Å². The third-order valence-corrected chi connectivity index (χ3v) is 2.22. The van der Waals surface area contributed by atoms with Gasteiger partial charge in [-0.3, -0.25) is 0 Å². The first-order valence-corrected chi connectivity index (χ1v) is 4.78. The zero-order valence-corrected chi connectivity index (χ0v) is 8.25. The van der Waals surface area contributed by atoms with Crippen LogP contribution < -0.4 is 0 Å². The minimum atomic E-state index is 0.379. The Balaban J connectivity index is 3.05. The van der Waals surface area contributed by atoms with E-state index in [4.69, 9.17) is 11.6 Å². The molecule has 0 aromatic carbocycles. The Hall–Kier alpha value is -0.150. The first-order chi connectivity index (χ1) is 5.31. The Kier molecular flexibility index (Phi) is 7.84. The lowest BCUT2D eigenvalue weighted by atomic mass is 10.1. The molecule has 1 atom stereocenters. The molecule has 0 aliphatic rings. The molecule has 0 spiro atoms. The van der Waals surface area contributed by atoms with Crippen LogP contribution in [0.4, 0.5) is 0 Å². The normalized spacial score (nSPS) is 11.9. The second kappa shape index (κ2) is 7.95. The molecule has 64 valence electrons. The zero-order valence-electron chi connectivity index (χ0n) is 7.49. The summed E-state index contributed by atoms with van der Waals surface area (Å²) in [6.07, 6.45) is 5.68. The van der Waals surface area contributed by atoms with E-state index in [0.717, 1.165) is 19.3 Å². The summed E-state index contributed by atoms with van der Waals surface area (Å²) in [6.45, 7) is 4.01. The molecule has 0 N–H and O–H groups in total. The standard InChI is InChI=1S/C10H17Cl/c1-3-5-6-7-8-9-10(11)4-2/h10H,4,6-9H2,1-2H3. The van der Waals surface area contributed by atoms with Crippen LogP contribution in [-0.4, -0.2) is 5.38 Å². The fourth-order valence-electron chi connectivity index (χ4n) is 0.908. The molecule has 0 fully saturated rings. The lowest BCUT2D eigenvalue weighted by Gasteiger charge is -2.03. The van der Waals surface area contributed by atoms with Crippen LogP contribution in [0.5, 0.6) is 0 Å². The Morgan fingerprint density at radius 2 is 2.09 bits per heavy atom. The second-order valence-corrected chi connectivity index (χ2v) is 3.30. The Morgan fingerprint density at radius 3 is 2.64 bits per heavy atom. The van der Waals surface area contributed by atoms with Crippen LogP contribution in [0.15, 0.2) is 0 Å². The van der Waals surface area contributed by atoms with Crippen molar-refractivity contribution in [3.05, 3.63) is 0 Å². The smallest absolute Gasteiger partial charge is 0.0333 e. The number of rotatable bonds is 5. The van der Waals surface area contributed by atoms with Gasteiger partial charge >= 0.3 is 0 Å². The quantitative estimate of drug-likeness (QED) is 0.338. The molecule has 0 amide bonds. The maximum absolute atomic E-state index is 5.94. The van der Waals surface area contributed by atoms with Gasteiger partial charge in [-0.25, -0.2) is 0 Å². The van der Waals surface area contributed by atoms with Crippen molar-refractivity contribution in [2.75, 3.05) is 0 Å². The summed E-state index contributed by atoms with van der Waals surface area (Å²) in [6, 6.07) is 0. The third-order valence-electron chi connectivity index (χ3n) is 1.69. The van der Waals surface area contributed by atoms with Crippen LogP contribution in [0.3, 0.4) is 0 Å². The number of alkyl halides is 1. The molecule has 0 aromatic heterocycles. The van der Waals surface area contributed by atoms with E-state index >= 15 is 0 Å². The van der Waals surface area contributed by atoms with Crippen molar-refractivity contribution < 1.29 is 0 Å². The molecule has 11 heavy (non-hydrogen) atoms. The maximum atomic E-state index is 5.94. The van der Waals surface area contributed by atoms with Gasteiger partial charge < -0.3 is 0 Å². The summed E-state index contributed by atoms with van der Waals surface area (Å²) in [5, 5.41) is 0.379. The summed E-state index contributed by atoms with van der Waals surface area (Å²) in [4.78, 5) is 0. The van der Waals surface area contributed by atoms with E-state index in [-0.39, 0.29) is 0 Å². The van der Waals surface area contributed by atoms with Gasteiger partial charge in [-0.05, 0) is 26.2 Å². The highest BCUT2D eigenvalue weighted by molar-refractivity contribution is 6.20. The first-order valence-electron chi connectivity index (χ1n) is 4.35. The van der Waals surface area contributed by atoms with E-state index in [1.165, 1.54) is 12.8 Å². The van der Waals surface area contributed by atoms with Gasteiger partial charge in [-0.1, -0.05) is 13.3 Å². The molecule has 0 saturated heterocycles. The van der Waals surface area contributed by atoms with Crippen LogP contribution in [0.1, 0.15) is 46.0 Å². The van der Waals surface area contributed by atoms with Crippen molar-refractivity contribution in [2.24, 2.45) is 0 Å². The van der Waals surface area contributed by atoms with Gasteiger partial charge in [0, 0.05) is 11.8 Å². The molecule has 1 unspecified atom stereocenters. The summed E-state index contributed by atoms with van der Waals surface area (Å²) >= 11 is 5.94. The molecule has 0 radical (unpaired) electrons. The van der Waals surface area contributed by atoms with Gasteiger partial charge in [0.2, 0.25) is 0 Å². The molecule has 0 rings (SSSR count). The van der Waals surface area contributed by atoms with Crippen molar-refractivity contribution in [1.29, 1.82) is 0 Å². The van der Waals surface area contributed by atoms with Crippen molar-refractivity contribution in [3.63, 3.8) is 0 Å². The summed E-state index contributed by atoms with van der Waals surface area (Å²) < 4.78 is 0. The second-order valence-electron chi connectivity index (χ2n) is 2.68. The van der Waals surface area contributed by atoms with Gasteiger partial charge in [0.25, 0.3) is 0 Å². The molecule has 0 aliphatic carbocycles. The van der Waals surface area contributed by atoms with Crippen LogP contribution >= 0.6 is 11.6 Å². The van der Waals surface area contributed by atoms with Crippen LogP contribution in [-0.2, 0) is 0 Å². The predicted octanol–water partition coefficient (Wildman–Crippen LogP) is 3.59. The molecular formula is C10H17Cl. The van der Waals surface area contributed by atoms with E-state index in [1.807, 2.05) is 6.92 Å². The van der Waals surface area contributed by atoms with E-state index < -0.39 is 0 Å². The number of hydrogen-bond donors (Lipinski definition) is 0. The van der Waals surface area contributed by atoms with Gasteiger partial charge in [-0.2, -0.15) is 0 Å². The van der Waals surface area contributed by atoms with Crippen LogP contribution in [0.25, 0.3) is 0 Å². The third kappa shape index (κ3) is 7.75. The molecule has 0 nitrogen and oxygen atoms in total. The molecule has 0 heterocycles. The molecule has 0 bridgehead atoms. The van der Waals surface area contributed by atoms with E-state index in [9.17, 15) is 0 Å². The topological polar surface area (TPSA) is 0 Å². The minimum absolute atomic E-state index is 0.379. The Bertz CT molecular complexity index is 130. The molecule has 0 aliphatic heterocycles. The first kappa shape index (κ1) is 10.8. The average Bonchev–Trinajstić information content (AvgIpc) is 2.04. The van der Waals surface area contributed by atoms with E-state index in [2.05, 4.69) is 18.8 Å². The van der Waals surface area contributed by atoms with Crippen molar-refractivity contribution in [1.82, 2.24) is 0 Å². The molecular weight excluding hydrogens is 156 g/mol. The Labute approximate surface area is 75.3 Å². The molecule has 1 heteroatoms. The highest BCUT2D eigenvalue weighted by Crippen LogP contribution is 2.11. The van der Waals surface area contributed by atoms with Crippen molar-refractivity contribution >= 4 is 11.6 Å². The van der Waals surface area contributed by atoms with E-state index in [1.54, 1.807) is 0 Å².